The maximum absolute atomic E-state index is 13.0. The minimum Gasteiger partial charge on any atom is -0.338 e. The number of benzene rings is 1. The molecule has 1 saturated carbocycles. The van der Waals surface area contributed by atoms with Crippen LogP contribution in [-0.2, 0) is 4.79 Å². The average Bonchev–Trinajstić information content (AvgIpc) is 2.89. The molecule has 3 nitrogen and oxygen atoms in total. The van der Waals surface area contributed by atoms with Crippen LogP contribution in [0, 0.1) is 6.92 Å². The highest BCUT2D eigenvalue weighted by atomic mass is 16.2. The van der Waals surface area contributed by atoms with E-state index in [4.69, 9.17) is 5.73 Å². The van der Waals surface area contributed by atoms with Crippen LogP contribution in [0.25, 0.3) is 0 Å². The van der Waals surface area contributed by atoms with Gasteiger partial charge in [0, 0.05) is 18.5 Å². The van der Waals surface area contributed by atoms with Crippen LogP contribution in [0.4, 0.5) is 0 Å². The molecule has 3 rings (SSSR count). The van der Waals surface area contributed by atoms with Gasteiger partial charge in [0.15, 0.2) is 0 Å². The molecule has 1 heterocycles. The molecule has 3 heteroatoms. The van der Waals surface area contributed by atoms with Gasteiger partial charge >= 0.3 is 0 Å². The van der Waals surface area contributed by atoms with Crippen LogP contribution in [-0.4, -0.2) is 28.9 Å². The zero-order valence-electron chi connectivity index (χ0n) is 13.8. The van der Waals surface area contributed by atoms with Crippen molar-refractivity contribution in [2.45, 2.75) is 69.9 Å². The molecule has 0 spiro atoms. The molecule has 1 saturated heterocycles. The van der Waals surface area contributed by atoms with Crippen molar-refractivity contribution in [1.82, 2.24) is 4.90 Å². The first-order chi connectivity index (χ1) is 10.5. The zero-order chi connectivity index (χ0) is 15.7. The number of carbonyl (C=O) groups is 1. The molecule has 1 aromatic rings. The van der Waals surface area contributed by atoms with Crippen molar-refractivity contribution >= 4 is 5.91 Å². The van der Waals surface area contributed by atoms with Crippen LogP contribution in [0.15, 0.2) is 24.3 Å². The minimum absolute atomic E-state index is 0.191. The summed E-state index contributed by atoms with van der Waals surface area (Å²) in [5, 5.41) is 0. The van der Waals surface area contributed by atoms with Gasteiger partial charge in [0.1, 0.15) is 0 Å². The maximum Gasteiger partial charge on any atom is 0.242 e. The lowest BCUT2D eigenvalue weighted by Crippen LogP contribution is -2.57. The molecule has 0 bridgehead atoms. The van der Waals surface area contributed by atoms with Crippen molar-refractivity contribution in [2.75, 3.05) is 6.54 Å². The average molecular weight is 300 g/mol. The highest BCUT2D eigenvalue weighted by molar-refractivity contribution is 5.87. The lowest BCUT2D eigenvalue weighted by molar-refractivity contribution is -0.138. The van der Waals surface area contributed by atoms with Crippen molar-refractivity contribution in [3.63, 3.8) is 0 Å². The Hall–Kier alpha value is -1.35. The van der Waals surface area contributed by atoms with Crippen LogP contribution in [0.3, 0.4) is 0 Å². The van der Waals surface area contributed by atoms with Crippen molar-refractivity contribution < 1.29 is 4.79 Å². The second-order valence-corrected chi connectivity index (χ2v) is 7.31. The molecule has 1 aliphatic carbocycles. The SMILES string of the molecule is Cc1ccccc1C1CC(C)N(C(=O)C2(N)CCCCC2)C1. The van der Waals surface area contributed by atoms with Crippen molar-refractivity contribution in [1.29, 1.82) is 0 Å². The first-order valence-corrected chi connectivity index (χ1v) is 8.67. The quantitative estimate of drug-likeness (QED) is 0.910. The molecule has 1 amide bonds. The zero-order valence-corrected chi connectivity index (χ0v) is 13.8. The van der Waals surface area contributed by atoms with E-state index in [2.05, 4.69) is 43.0 Å². The van der Waals surface area contributed by atoms with E-state index in [-0.39, 0.29) is 5.91 Å². The Bertz CT molecular complexity index is 548. The van der Waals surface area contributed by atoms with Gasteiger partial charge in [-0.15, -0.1) is 0 Å². The predicted octanol–water partition coefficient (Wildman–Crippen LogP) is 3.36. The standard InChI is InChI=1S/C19H28N2O/c1-14-8-4-5-9-17(14)16-12-15(2)21(13-16)18(22)19(20)10-6-3-7-11-19/h4-5,8-9,15-16H,3,6-7,10-13,20H2,1-2H3. The number of nitrogens with zero attached hydrogens (tertiary/aromatic N) is 1. The molecule has 2 N–H and O–H groups in total. The summed E-state index contributed by atoms with van der Waals surface area (Å²) in [6.45, 7) is 5.15. The summed E-state index contributed by atoms with van der Waals surface area (Å²) in [6.07, 6.45) is 6.14. The van der Waals surface area contributed by atoms with Gasteiger partial charge in [0.05, 0.1) is 5.54 Å². The molecule has 1 aliphatic heterocycles. The summed E-state index contributed by atoms with van der Waals surface area (Å²) in [7, 11) is 0. The van der Waals surface area contributed by atoms with Crippen molar-refractivity contribution in [2.24, 2.45) is 5.73 Å². The van der Waals surface area contributed by atoms with Gasteiger partial charge in [-0.1, -0.05) is 43.5 Å². The summed E-state index contributed by atoms with van der Waals surface area (Å²) in [5.41, 5.74) is 8.58. The fourth-order valence-electron chi connectivity index (χ4n) is 4.27. The number of rotatable bonds is 2. The van der Waals surface area contributed by atoms with Gasteiger partial charge in [-0.25, -0.2) is 0 Å². The molecule has 22 heavy (non-hydrogen) atoms. The van der Waals surface area contributed by atoms with Crippen molar-refractivity contribution in [3.8, 4) is 0 Å². The first-order valence-electron chi connectivity index (χ1n) is 8.67. The number of carbonyl (C=O) groups excluding carboxylic acids is 1. The highest BCUT2D eigenvalue weighted by Crippen LogP contribution is 2.36. The van der Waals surface area contributed by atoms with Gasteiger partial charge < -0.3 is 10.6 Å². The Morgan fingerprint density at radius 3 is 2.59 bits per heavy atom. The van der Waals surface area contributed by atoms with E-state index in [0.717, 1.165) is 38.6 Å². The Balaban J connectivity index is 1.76. The van der Waals surface area contributed by atoms with Gasteiger partial charge in [0.2, 0.25) is 5.91 Å². The fraction of sp³-hybridized carbons (Fsp3) is 0.632. The molecule has 2 aliphatic rings. The number of hydrogen-bond acceptors (Lipinski definition) is 2. The van der Waals surface area contributed by atoms with Gasteiger partial charge in [-0.2, -0.15) is 0 Å². The van der Waals surface area contributed by atoms with Crippen LogP contribution >= 0.6 is 0 Å². The maximum atomic E-state index is 13.0. The third-order valence-corrected chi connectivity index (χ3v) is 5.64. The topological polar surface area (TPSA) is 46.3 Å². The van der Waals surface area contributed by atoms with E-state index in [1.165, 1.54) is 17.5 Å². The lowest BCUT2D eigenvalue weighted by atomic mass is 9.81. The van der Waals surface area contributed by atoms with Gasteiger partial charge in [-0.3, -0.25) is 4.79 Å². The van der Waals surface area contributed by atoms with Crippen LogP contribution in [0.2, 0.25) is 0 Å². The summed E-state index contributed by atoms with van der Waals surface area (Å²) in [4.78, 5) is 15.1. The normalized spacial score (nSPS) is 27.9. The number of amides is 1. The number of nitrogens with two attached hydrogens (primary N) is 1. The van der Waals surface area contributed by atoms with E-state index in [1.54, 1.807) is 0 Å². The highest BCUT2D eigenvalue weighted by Gasteiger charge is 2.43. The smallest absolute Gasteiger partial charge is 0.242 e. The molecule has 2 atom stereocenters. The molecule has 1 aromatic carbocycles. The Morgan fingerprint density at radius 2 is 1.91 bits per heavy atom. The lowest BCUT2D eigenvalue weighted by Gasteiger charge is -2.37. The number of aryl methyl sites for hydroxylation is 1. The summed E-state index contributed by atoms with van der Waals surface area (Å²) in [6, 6.07) is 8.84. The Morgan fingerprint density at radius 1 is 1.23 bits per heavy atom. The molecule has 0 radical (unpaired) electrons. The Kier molecular flexibility index (Phi) is 4.26. The second-order valence-electron chi connectivity index (χ2n) is 7.31. The third-order valence-electron chi connectivity index (χ3n) is 5.64. The van der Waals surface area contributed by atoms with Crippen LogP contribution in [0.1, 0.15) is 62.5 Å². The number of hydrogen-bond donors (Lipinski definition) is 1. The minimum atomic E-state index is -0.604. The predicted molar refractivity (Wildman–Crippen MR) is 89.7 cm³/mol. The third kappa shape index (κ3) is 2.79. The van der Waals surface area contributed by atoms with E-state index in [9.17, 15) is 4.79 Å². The van der Waals surface area contributed by atoms with Gasteiger partial charge in [0.25, 0.3) is 0 Å². The monoisotopic (exact) mass is 300 g/mol. The van der Waals surface area contributed by atoms with Crippen LogP contribution in [0.5, 0.6) is 0 Å². The van der Waals surface area contributed by atoms with Crippen molar-refractivity contribution in [3.05, 3.63) is 35.4 Å². The Labute approximate surface area is 133 Å². The molecular formula is C19H28N2O. The fourth-order valence-corrected chi connectivity index (χ4v) is 4.27. The molecule has 120 valence electrons. The summed E-state index contributed by atoms with van der Waals surface area (Å²) < 4.78 is 0. The van der Waals surface area contributed by atoms with Crippen LogP contribution < -0.4 is 5.73 Å². The van der Waals surface area contributed by atoms with E-state index < -0.39 is 5.54 Å². The molecular weight excluding hydrogens is 272 g/mol. The van der Waals surface area contributed by atoms with Gasteiger partial charge in [-0.05, 0) is 44.2 Å². The largest absolute Gasteiger partial charge is 0.338 e. The van der Waals surface area contributed by atoms with E-state index in [1.807, 2.05) is 0 Å². The summed E-state index contributed by atoms with van der Waals surface area (Å²) >= 11 is 0. The van der Waals surface area contributed by atoms with E-state index in [0.29, 0.717) is 12.0 Å². The molecule has 2 fully saturated rings. The van der Waals surface area contributed by atoms with E-state index >= 15 is 0 Å². The molecule has 0 aromatic heterocycles. The summed E-state index contributed by atoms with van der Waals surface area (Å²) in [5.74, 6) is 0.642. The molecule has 2 unspecified atom stereocenters. The number of likely N-dealkylation sites (tertiary alicyclic amines) is 1. The first kappa shape index (κ1) is 15.5. The second kappa shape index (κ2) is 6.04.